The van der Waals surface area contributed by atoms with E-state index >= 15 is 0 Å². The highest BCUT2D eigenvalue weighted by molar-refractivity contribution is 5.83. The van der Waals surface area contributed by atoms with Crippen molar-refractivity contribution in [3.8, 4) is 39.9 Å². The Morgan fingerprint density at radius 1 is 1.02 bits per heavy atom. The summed E-state index contributed by atoms with van der Waals surface area (Å²) in [5.41, 5.74) is 3.70. The fourth-order valence-electron chi connectivity index (χ4n) is 6.34. The molecule has 4 aliphatic rings. The van der Waals surface area contributed by atoms with Crippen molar-refractivity contribution in [2.24, 2.45) is 0 Å². The van der Waals surface area contributed by atoms with Gasteiger partial charge in [0.1, 0.15) is 30.1 Å². The zero-order valence-corrected chi connectivity index (χ0v) is 22.6. The molecular formula is C30H29NO11. The summed E-state index contributed by atoms with van der Waals surface area (Å²) in [7, 11) is 3.12. The van der Waals surface area contributed by atoms with Gasteiger partial charge in [0.15, 0.2) is 29.1 Å². The average molecular weight is 580 g/mol. The van der Waals surface area contributed by atoms with Crippen LogP contribution in [-0.4, -0.2) is 84.0 Å². The summed E-state index contributed by atoms with van der Waals surface area (Å²) in [6.07, 6.45) is -7.72. The molecule has 0 aromatic heterocycles. The average Bonchev–Trinajstić information content (AvgIpc) is 3.40. The molecule has 1 saturated heterocycles. The topological polar surface area (TPSA) is 165 Å². The number of anilines is 1. The van der Waals surface area contributed by atoms with Gasteiger partial charge in [-0.2, -0.15) is 0 Å². The monoisotopic (exact) mass is 579 g/mol. The number of carboxylic acid groups (broad SMARTS) is 1. The zero-order chi connectivity index (χ0) is 29.3. The molecule has 1 fully saturated rings. The molecule has 7 atom stereocenters. The Morgan fingerprint density at radius 2 is 1.81 bits per heavy atom. The molecule has 0 amide bonds. The van der Waals surface area contributed by atoms with Crippen LogP contribution >= 0.6 is 0 Å². The third-order valence-electron chi connectivity index (χ3n) is 8.40. The summed E-state index contributed by atoms with van der Waals surface area (Å²) in [5.74, 6) is -1.36. The summed E-state index contributed by atoms with van der Waals surface area (Å²) in [5, 5.41) is 44.4. The minimum Gasteiger partial charge on any atom is -0.493 e. The normalized spacial score (nSPS) is 30.3. The fourth-order valence-corrected chi connectivity index (χ4v) is 6.34. The second kappa shape index (κ2) is 9.66. The number of hydrogen-bond acceptors (Lipinski definition) is 11. The first-order valence-corrected chi connectivity index (χ1v) is 13.5. The van der Waals surface area contributed by atoms with E-state index in [1.165, 1.54) is 0 Å². The summed E-state index contributed by atoms with van der Waals surface area (Å²) in [6.45, 7) is 0.0399. The summed E-state index contributed by atoms with van der Waals surface area (Å²) in [4.78, 5) is 11.8. The molecule has 0 unspecified atom stereocenters. The van der Waals surface area contributed by atoms with Gasteiger partial charge in [0.25, 0.3) is 5.79 Å². The van der Waals surface area contributed by atoms with Crippen LogP contribution in [0.2, 0.25) is 0 Å². The number of fused-ring (bicyclic) bond motifs is 7. The number of hydrogen-bond donors (Lipinski definition) is 5. The van der Waals surface area contributed by atoms with Gasteiger partial charge < -0.3 is 54.2 Å². The molecule has 1 spiro atoms. The largest absolute Gasteiger partial charge is 0.493 e. The van der Waals surface area contributed by atoms with E-state index < -0.39 is 42.3 Å². The number of benzene rings is 3. The number of nitrogens with one attached hydrogen (secondary N) is 1. The third kappa shape index (κ3) is 3.72. The van der Waals surface area contributed by atoms with Crippen molar-refractivity contribution in [2.45, 2.75) is 42.2 Å². The first-order valence-electron chi connectivity index (χ1n) is 13.5. The van der Waals surface area contributed by atoms with Gasteiger partial charge in [-0.3, -0.25) is 0 Å². The number of rotatable bonds is 4. The van der Waals surface area contributed by atoms with Gasteiger partial charge in [0.2, 0.25) is 5.75 Å². The SMILES string of the molecule is COc1ccc2c(c1OC)O[C@H]1c3c(-c4ccccc4)cc4c(c3OC[C@@H]21)NC[C@@]1(O4)O[C@H](C(=O)O)[C@@H](O)[C@H](O)[C@H]1O. The van der Waals surface area contributed by atoms with Crippen LogP contribution < -0.4 is 29.0 Å². The van der Waals surface area contributed by atoms with E-state index in [2.05, 4.69) is 5.32 Å². The van der Waals surface area contributed by atoms with Crippen LogP contribution in [0.25, 0.3) is 11.1 Å². The smallest absolute Gasteiger partial charge is 0.335 e. The van der Waals surface area contributed by atoms with Crippen LogP contribution in [0.5, 0.6) is 28.7 Å². The van der Waals surface area contributed by atoms with Crippen LogP contribution in [0.4, 0.5) is 5.69 Å². The Bertz CT molecular complexity index is 1560. The molecule has 42 heavy (non-hydrogen) atoms. The van der Waals surface area contributed by atoms with Crippen LogP contribution in [0, 0.1) is 0 Å². The molecule has 4 heterocycles. The van der Waals surface area contributed by atoms with E-state index in [1.807, 2.05) is 42.5 Å². The Kier molecular flexibility index (Phi) is 6.13. The highest BCUT2D eigenvalue weighted by atomic mass is 16.7. The van der Waals surface area contributed by atoms with Crippen LogP contribution in [0.3, 0.4) is 0 Å². The van der Waals surface area contributed by atoms with Gasteiger partial charge in [-0.1, -0.05) is 36.4 Å². The lowest BCUT2D eigenvalue weighted by Gasteiger charge is -2.49. The lowest BCUT2D eigenvalue weighted by molar-refractivity contribution is -0.325. The van der Waals surface area contributed by atoms with Crippen molar-refractivity contribution in [1.29, 1.82) is 0 Å². The van der Waals surface area contributed by atoms with Gasteiger partial charge in [-0.15, -0.1) is 0 Å². The fraction of sp³-hybridized carbons (Fsp3) is 0.367. The van der Waals surface area contributed by atoms with Gasteiger partial charge in [-0.25, -0.2) is 4.79 Å². The second-order valence-corrected chi connectivity index (χ2v) is 10.7. The van der Waals surface area contributed by atoms with E-state index in [0.717, 1.165) is 22.3 Å². The van der Waals surface area contributed by atoms with Crippen molar-refractivity contribution in [3.05, 3.63) is 59.7 Å². The standard InChI is InChI=1S/C30H29NO11/c1-37-17-9-8-14-16-11-39-26-19(23(16)40-24(14)25(17)38-2)15(13-6-4-3-5-7-13)10-18-20(26)31-12-30(41-18)28(34)22(33)21(32)27(42-30)29(35)36/h3-10,16,21-23,27-28,31-34H,11-12H2,1-2H3,(H,35,36)/t16-,21-,22-,23+,27-,28+,30+/m0/s1. The van der Waals surface area contributed by atoms with Crippen molar-refractivity contribution in [1.82, 2.24) is 0 Å². The zero-order valence-electron chi connectivity index (χ0n) is 22.6. The molecule has 7 rings (SSSR count). The van der Waals surface area contributed by atoms with Gasteiger partial charge in [0.05, 0.1) is 33.3 Å². The van der Waals surface area contributed by atoms with Crippen molar-refractivity contribution in [3.63, 3.8) is 0 Å². The van der Waals surface area contributed by atoms with E-state index in [9.17, 15) is 25.2 Å². The molecule has 0 aliphatic carbocycles. The Balaban J connectivity index is 1.36. The number of carboxylic acids is 1. The van der Waals surface area contributed by atoms with Crippen LogP contribution in [-0.2, 0) is 9.53 Å². The second-order valence-electron chi connectivity index (χ2n) is 10.7. The van der Waals surface area contributed by atoms with Crippen molar-refractivity contribution < 1.29 is 53.6 Å². The summed E-state index contributed by atoms with van der Waals surface area (Å²) in [6, 6.07) is 15.1. The lowest BCUT2D eigenvalue weighted by atomic mass is 9.84. The maximum atomic E-state index is 11.8. The molecule has 220 valence electrons. The molecule has 3 aromatic rings. The van der Waals surface area contributed by atoms with Crippen LogP contribution in [0.15, 0.2) is 48.5 Å². The quantitative estimate of drug-likeness (QED) is 0.306. The Labute approximate surface area is 239 Å². The van der Waals surface area contributed by atoms with Gasteiger partial charge in [0, 0.05) is 11.1 Å². The van der Waals surface area contributed by atoms with E-state index in [1.54, 1.807) is 20.3 Å². The highest BCUT2D eigenvalue weighted by Gasteiger charge is 2.59. The van der Waals surface area contributed by atoms with Crippen molar-refractivity contribution >= 4 is 11.7 Å². The number of aliphatic hydroxyl groups excluding tert-OH is 3. The molecule has 0 radical (unpaired) electrons. The van der Waals surface area contributed by atoms with Gasteiger partial charge in [-0.05, 0) is 23.3 Å². The Hall–Kier alpha value is -4.23. The predicted molar refractivity (Wildman–Crippen MR) is 145 cm³/mol. The number of aliphatic hydroxyl groups is 3. The molecule has 12 heteroatoms. The number of methoxy groups -OCH3 is 2. The number of carbonyl (C=O) groups is 1. The summed E-state index contributed by atoms with van der Waals surface area (Å²) >= 11 is 0. The molecule has 0 saturated carbocycles. The van der Waals surface area contributed by atoms with Crippen molar-refractivity contribution in [2.75, 3.05) is 32.7 Å². The minimum absolute atomic E-state index is 0.153. The van der Waals surface area contributed by atoms with E-state index in [-0.39, 0.29) is 24.8 Å². The number of ether oxygens (including phenoxy) is 6. The third-order valence-corrected chi connectivity index (χ3v) is 8.40. The molecule has 5 N–H and O–H groups in total. The molecular weight excluding hydrogens is 550 g/mol. The highest BCUT2D eigenvalue weighted by Crippen LogP contribution is 2.60. The van der Waals surface area contributed by atoms with E-state index in [0.29, 0.717) is 28.7 Å². The Morgan fingerprint density at radius 3 is 2.52 bits per heavy atom. The molecule has 0 bridgehead atoms. The first kappa shape index (κ1) is 26.7. The first-order chi connectivity index (χ1) is 20.3. The lowest BCUT2D eigenvalue weighted by Crippen LogP contribution is -2.71. The number of aliphatic carboxylic acids is 1. The summed E-state index contributed by atoms with van der Waals surface area (Å²) < 4.78 is 36.0. The molecule has 4 aliphatic heterocycles. The maximum Gasteiger partial charge on any atom is 0.335 e. The maximum absolute atomic E-state index is 11.8. The van der Waals surface area contributed by atoms with Crippen LogP contribution in [0.1, 0.15) is 23.1 Å². The predicted octanol–water partition coefficient (Wildman–Crippen LogP) is 2.05. The molecule has 3 aromatic carbocycles. The molecule has 12 nitrogen and oxygen atoms in total. The van der Waals surface area contributed by atoms with Gasteiger partial charge >= 0.3 is 5.97 Å². The van der Waals surface area contributed by atoms with E-state index in [4.69, 9.17) is 28.4 Å². The minimum atomic E-state index is -2.00.